The summed E-state index contributed by atoms with van der Waals surface area (Å²) < 4.78 is 27.2. The van der Waals surface area contributed by atoms with E-state index in [1.165, 1.54) is 15.6 Å². The van der Waals surface area contributed by atoms with Gasteiger partial charge in [-0.2, -0.15) is 4.31 Å². The fourth-order valence-electron chi connectivity index (χ4n) is 4.74. The lowest BCUT2D eigenvalue weighted by molar-refractivity contribution is -0.120. The van der Waals surface area contributed by atoms with Crippen molar-refractivity contribution in [2.45, 2.75) is 24.2 Å². The first kappa shape index (κ1) is 21.7. The summed E-state index contributed by atoms with van der Waals surface area (Å²) in [5.74, 6) is -0.266. The van der Waals surface area contributed by atoms with Crippen LogP contribution in [0.2, 0.25) is 0 Å². The third kappa shape index (κ3) is 4.26. The summed E-state index contributed by atoms with van der Waals surface area (Å²) in [5.41, 5.74) is 4.27. The number of sulfonamides is 1. The van der Waals surface area contributed by atoms with E-state index in [2.05, 4.69) is 28.4 Å². The second kappa shape index (κ2) is 9.00. The van der Waals surface area contributed by atoms with Gasteiger partial charge in [0.25, 0.3) is 0 Å². The van der Waals surface area contributed by atoms with Gasteiger partial charge in [0.15, 0.2) is 0 Å². The van der Waals surface area contributed by atoms with Crippen LogP contribution in [0.3, 0.4) is 0 Å². The third-order valence-corrected chi connectivity index (χ3v) is 8.46. The van der Waals surface area contributed by atoms with Gasteiger partial charge in [-0.05, 0) is 55.2 Å². The summed E-state index contributed by atoms with van der Waals surface area (Å²) >= 11 is 0. The standard InChI is InChI=1S/C26H27N3O3S/c30-26(21-14-17-28(18-15-21)33(31,32)22-9-2-1-3-10-22)27-23-11-5-7-13-25(23)29-19-16-20-8-4-6-12-24(20)29/h1-13,21H,14-19H2,(H,27,30). The highest BCUT2D eigenvalue weighted by Gasteiger charge is 2.32. The van der Waals surface area contributed by atoms with Gasteiger partial charge in [0, 0.05) is 31.2 Å². The van der Waals surface area contributed by atoms with E-state index < -0.39 is 10.0 Å². The Bertz CT molecular complexity index is 1250. The number of benzene rings is 3. The number of rotatable bonds is 5. The molecule has 0 radical (unpaired) electrons. The highest BCUT2D eigenvalue weighted by atomic mass is 32.2. The van der Waals surface area contributed by atoms with E-state index in [0.29, 0.717) is 30.8 Å². The van der Waals surface area contributed by atoms with Gasteiger partial charge in [-0.15, -0.1) is 0 Å². The second-order valence-electron chi connectivity index (χ2n) is 8.53. The minimum absolute atomic E-state index is 0.0494. The Balaban J connectivity index is 1.27. The minimum Gasteiger partial charge on any atom is -0.339 e. The quantitative estimate of drug-likeness (QED) is 0.611. The van der Waals surface area contributed by atoms with Crippen molar-refractivity contribution >= 4 is 33.0 Å². The first-order valence-corrected chi connectivity index (χ1v) is 12.8. The van der Waals surface area contributed by atoms with Crippen LogP contribution in [0, 0.1) is 5.92 Å². The lowest BCUT2D eigenvalue weighted by Gasteiger charge is -2.31. The summed E-state index contributed by atoms with van der Waals surface area (Å²) in [6.45, 7) is 1.56. The van der Waals surface area contributed by atoms with Crippen LogP contribution >= 0.6 is 0 Å². The molecule has 6 nitrogen and oxygen atoms in total. The van der Waals surface area contributed by atoms with Crippen LogP contribution in [-0.4, -0.2) is 38.3 Å². The topological polar surface area (TPSA) is 69.7 Å². The highest BCUT2D eigenvalue weighted by molar-refractivity contribution is 7.89. The Morgan fingerprint density at radius 3 is 2.18 bits per heavy atom. The largest absolute Gasteiger partial charge is 0.339 e. The van der Waals surface area contributed by atoms with Crippen molar-refractivity contribution in [3.63, 3.8) is 0 Å². The number of hydrogen-bond acceptors (Lipinski definition) is 4. The van der Waals surface area contributed by atoms with Gasteiger partial charge >= 0.3 is 0 Å². The van der Waals surface area contributed by atoms with Gasteiger partial charge in [-0.25, -0.2) is 8.42 Å². The molecule has 0 saturated carbocycles. The number of anilines is 3. The van der Waals surface area contributed by atoms with Gasteiger partial charge in [0.05, 0.1) is 16.3 Å². The smallest absolute Gasteiger partial charge is 0.243 e. The predicted octanol–water partition coefficient (Wildman–Crippen LogP) is 4.42. The molecule has 3 aromatic rings. The van der Waals surface area contributed by atoms with Crippen LogP contribution in [-0.2, 0) is 21.2 Å². The molecule has 0 unspecified atom stereocenters. The molecule has 33 heavy (non-hydrogen) atoms. The molecule has 2 aliphatic rings. The maximum Gasteiger partial charge on any atom is 0.243 e. The van der Waals surface area contributed by atoms with E-state index in [0.717, 1.165) is 24.3 Å². The van der Waals surface area contributed by atoms with Crippen LogP contribution < -0.4 is 10.2 Å². The van der Waals surface area contributed by atoms with Crippen LogP contribution in [0.1, 0.15) is 18.4 Å². The average Bonchev–Trinajstić information content (AvgIpc) is 3.29. The van der Waals surface area contributed by atoms with Gasteiger partial charge in [-0.3, -0.25) is 4.79 Å². The zero-order valence-electron chi connectivity index (χ0n) is 18.4. The van der Waals surface area contributed by atoms with Gasteiger partial charge in [0.1, 0.15) is 0 Å². The van der Waals surface area contributed by atoms with Crippen LogP contribution in [0.5, 0.6) is 0 Å². The molecule has 1 fully saturated rings. The fourth-order valence-corrected chi connectivity index (χ4v) is 6.23. The molecular formula is C26H27N3O3S. The first-order chi connectivity index (χ1) is 16.0. The molecule has 7 heteroatoms. The maximum atomic E-state index is 13.1. The van der Waals surface area contributed by atoms with Crippen molar-refractivity contribution in [1.29, 1.82) is 0 Å². The third-order valence-electron chi connectivity index (χ3n) is 6.55. The van der Waals surface area contributed by atoms with Crippen LogP contribution in [0.25, 0.3) is 0 Å². The van der Waals surface area contributed by atoms with E-state index in [1.54, 1.807) is 30.3 Å². The molecule has 1 N–H and O–H groups in total. The average molecular weight is 462 g/mol. The number of fused-ring (bicyclic) bond motifs is 1. The van der Waals surface area contributed by atoms with E-state index >= 15 is 0 Å². The lowest BCUT2D eigenvalue weighted by Crippen LogP contribution is -2.41. The Hall–Kier alpha value is -3.16. The zero-order chi connectivity index (χ0) is 22.8. The first-order valence-electron chi connectivity index (χ1n) is 11.3. The summed E-state index contributed by atoms with van der Waals surface area (Å²) in [6.07, 6.45) is 1.99. The molecule has 0 spiro atoms. The van der Waals surface area contributed by atoms with Gasteiger partial charge < -0.3 is 10.2 Å². The predicted molar refractivity (Wildman–Crippen MR) is 130 cm³/mol. The molecule has 0 bridgehead atoms. The molecule has 2 heterocycles. The highest BCUT2D eigenvalue weighted by Crippen LogP contribution is 2.38. The van der Waals surface area contributed by atoms with Crippen LogP contribution in [0.15, 0.2) is 83.8 Å². The summed E-state index contributed by atoms with van der Waals surface area (Å²) in [5, 5.41) is 3.12. The van der Waals surface area contributed by atoms with Crippen molar-refractivity contribution in [3.8, 4) is 0 Å². The van der Waals surface area contributed by atoms with Crippen LogP contribution in [0.4, 0.5) is 17.1 Å². The number of amides is 1. The van der Waals surface area contributed by atoms with Gasteiger partial charge in [0.2, 0.25) is 15.9 Å². The number of para-hydroxylation sites is 3. The molecule has 2 aliphatic heterocycles. The molecule has 0 aromatic heterocycles. The number of carbonyl (C=O) groups excluding carboxylic acids is 1. The van der Waals surface area contributed by atoms with Crippen molar-refractivity contribution < 1.29 is 13.2 Å². The normalized spacial score (nSPS) is 17.0. The molecule has 0 atom stereocenters. The van der Waals surface area contributed by atoms with Gasteiger partial charge in [-0.1, -0.05) is 48.5 Å². The molecule has 5 rings (SSSR count). The van der Waals surface area contributed by atoms with Crippen molar-refractivity contribution in [2.75, 3.05) is 29.9 Å². The van der Waals surface area contributed by atoms with E-state index in [1.807, 2.05) is 30.3 Å². The summed E-state index contributed by atoms with van der Waals surface area (Å²) in [6, 6.07) is 24.7. The molecule has 1 amide bonds. The van der Waals surface area contributed by atoms with Crippen molar-refractivity contribution in [3.05, 3.63) is 84.4 Å². The molecule has 1 saturated heterocycles. The number of nitrogens with zero attached hydrogens (tertiary/aromatic N) is 2. The van der Waals surface area contributed by atoms with E-state index in [-0.39, 0.29) is 11.8 Å². The zero-order valence-corrected chi connectivity index (χ0v) is 19.2. The molecule has 3 aromatic carbocycles. The minimum atomic E-state index is -3.52. The van der Waals surface area contributed by atoms with Crippen molar-refractivity contribution in [1.82, 2.24) is 4.31 Å². The Morgan fingerprint density at radius 2 is 1.42 bits per heavy atom. The summed E-state index contributed by atoms with van der Waals surface area (Å²) in [7, 11) is -3.52. The fraction of sp³-hybridized carbons (Fsp3) is 0.269. The number of hydrogen-bond donors (Lipinski definition) is 1. The molecule has 0 aliphatic carbocycles. The molecular weight excluding hydrogens is 434 g/mol. The van der Waals surface area contributed by atoms with E-state index in [4.69, 9.17) is 0 Å². The monoisotopic (exact) mass is 461 g/mol. The maximum absolute atomic E-state index is 13.1. The summed E-state index contributed by atoms with van der Waals surface area (Å²) in [4.78, 5) is 15.7. The Morgan fingerprint density at radius 1 is 0.788 bits per heavy atom. The molecule has 170 valence electrons. The SMILES string of the molecule is O=C(Nc1ccccc1N1CCc2ccccc21)C1CCN(S(=O)(=O)c2ccccc2)CC1. The lowest BCUT2D eigenvalue weighted by atomic mass is 9.97. The second-order valence-corrected chi connectivity index (χ2v) is 10.5. The Labute approximate surface area is 194 Å². The number of carbonyl (C=O) groups is 1. The van der Waals surface area contributed by atoms with E-state index in [9.17, 15) is 13.2 Å². The number of piperidine rings is 1. The van der Waals surface area contributed by atoms with Crippen molar-refractivity contribution in [2.24, 2.45) is 5.92 Å². The Kier molecular flexibility index (Phi) is 5.91. The number of nitrogens with one attached hydrogen (secondary N) is 1.